The van der Waals surface area contributed by atoms with Crippen LogP contribution in [0, 0.1) is 23.7 Å². The van der Waals surface area contributed by atoms with E-state index in [1.165, 1.54) is 12.8 Å². The largest absolute Gasteiger partial charge is 0.444 e. The molecule has 1 aliphatic heterocycles. The van der Waals surface area contributed by atoms with E-state index in [4.69, 9.17) is 4.74 Å². The average Bonchev–Trinajstić information content (AvgIpc) is 2.53. The maximum absolute atomic E-state index is 12.8. The molecule has 0 aromatic rings. The third kappa shape index (κ3) is 5.88. The molecule has 1 saturated carbocycles. The normalized spacial score (nSPS) is 28.1. The minimum Gasteiger partial charge on any atom is -0.444 e. The zero-order chi connectivity index (χ0) is 19.5. The Balaban J connectivity index is 1.85. The van der Waals surface area contributed by atoms with Crippen LogP contribution in [0.25, 0.3) is 0 Å². The number of amides is 2. The van der Waals surface area contributed by atoms with Crippen molar-refractivity contribution in [3.8, 4) is 0 Å². The molecule has 0 aromatic carbocycles. The van der Waals surface area contributed by atoms with Crippen LogP contribution < -0.4 is 5.32 Å². The Morgan fingerprint density at radius 1 is 1.08 bits per heavy atom. The van der Waals surface area contributed by atoms with E-state index in [1.807, 2.05) is 20.8 Å². The predicted octanol–water partition coefficient (Wildman–Crippen LogP) is 4.21. The maximum Gasteiger partial charge on any atom is 0.410 e. The van der Waals surface area contributed by atoms with E-state index >= 15 is 0 Å². The molecule has 1 aliphatic carbocycles. The zero-order valence-electron chi connectivity index (χ0n) is 17.5. The Kier molecular flexibility index (Phi) is 6.98. The fourth-order valence-corrected chi connectivity index (χ4v) is 4.32. The molecule has 2 aliphatic rings. The molecule has 0 radical (unpaired) electrons. The summed E-state index contributed by atoms with van der Waals surface area (Å²) in [6.45, 7) is 13.6. The Morgan fingerprint density at radius 2 is 1.69 bits per heavy atom. The topological polar surface area (TPSA) is 58.6 Å². The van der Waals surface area contributed by atoms with Gasteiger partial charge in [-0.15, -0.1) is 0 Å². The van der Waals surface area contributed by atoms with Crippen LogP contribution in [0.2, 0.25) is 0 Å². The zero-order valence-corrected chi connectivity index (χ0v) is 17.5. The first-order valence-corrected chi connectivity index (χ1v) is 10.3. The van der Waals surface area contributed by atoms with Gasteiger partial charge in [0.25, 0.3) is 0 Å². The minimum atomic E-state index is -0.477. The number of rotatable bonds is 3. The molecule has 150 valence electrons. The Labute approximate surface area is 159 Å². The van der Waals surface area contributed by atoms with Gasteiger partial charge in [0.05, 0.1) is 0 Å². The lowest BCUT2D eigenvalue weighted by Crippen LogP contribution is -2.50. The van der Waals surface area contributed by atoms with Crippen molar-refractivity contribution in [3.63, 3.8) is 0 Å². The van der Waals surface area contributed by atoms with E-state index < -0.39 is 5.60 Å². The molecule has 5 nitrogen and oxygen atoms in total. The summed E-state index contributed by atoms with van der Waals surface area (Å²) in [5.74, 6) is 2.06. The van der Waals surface area contributed by atoms with Gasteiger partial charge in [0.15, 0.2) is 0 Å². The van der Waals surface area contributed by atoms with E-state index in [0.29, 0.717) is 36.9 Å². The van der Waals surface area contributed by atoms with Crippen LogP contribution in [-0.2, 0) is 9.53 Å². The third-order valence-corrected chi connectivity index (χ3v) is 5.87. The molecule has 5 heteroatoms. The molecule has 1 heterocycles. The second-order valence-corrected chi connectivity index (χ2v) is 9.68. The summed E-state index contributed by atoms with van der Waals surface area (Å²) in [6, 6.07) is 0.301. The van der Waals surface area contributed by atoms with Crippen molar-refractivity contribution in [2.45, 2.75) is 85.3 Å². The van der Waals surface area contributed by atoms with Crippen LogP contribution in [0.4, 0.5) is 4.79 Å². The molecule has 1 N–H and O–H groups in total. The summed E-state index contributed by atoms with van der Waals surface area (Å²) in [5.41, 5.74) is -0.477. The summed E-state index contributed by atoms with van der Waals surface area (Å²) in [5, 5.41) is 3.36. The van der Waals surface area contributed by atoms with Crippen LogP contribution in [-0.4, -0.2) is 41.6 Å². The van der Waals surface area contributed by atoms with Crippen molar-refractivity contribution in [3.05, 3.63) is 0 Å². The first kappa shape index (κ1) is 21.0. The van der Waals surface area contributed by atoms with Crippen molar-refractivity contribution >= 4 is 12.0 Å². The van der Waals surface area contributed by atoms with E-state index in [2.05, 4.69) is 26.1 Å². The number of carbonyl (C=O) groups excluding carboxylic acids is 2. The van der Waals surface area contributed by atoms with Crippen LogP contribution in [0.5, 0.6) is 0 Å². The van der Waals surface area contributed by atoms with Gasteiger partial charge in [0.2, 0.25) is 5.91 Å². The summed E-state index contributed by atoms with van der Waals surface area (Å²) < 4.78 is 5.43. The molecule has 0 spiro atoms. The first-order valence-electron chi connectivity index (χ1n) is 10.3. The highest BCUT2D eigenvalue weighted by atomic mass is 16.6. The van der Waals surface area contributed by atoms with E-state index in [1.54, 1.807) is 4.90 Å². The van der Waals surface area contributed by atoms with E-state index in [-0.39, 0.29) is 17.9 Å². The Hall–Kier alpha value is -1.26. The van der Waals surface area contributed by atoms with Gasteiger partial charge in [-0.2, -0.15) is 0 Å². The highest BCUT2D eigenvalue weighted by Crippen LogP contribution is 2.34. The van der Waals surface area contributed by atoms with Gasteiger partial charge >= 0.3 is 6.09 Å². The molecule has 3 unspecified atom stereocenters. The maximum atomic E-state index is 12.8. The smallest absolute Gasteiger partial charge is 0.410 e. The molecular weight excluding hydrogens is 328 g/mol. The quantitative estimate of drug-likeness (QED) is 0.814. The summed E-state index contributed by atoms with van der Waals surface area (Å²) in [4.78, 5) is 26.7. The summed E-state index contributed by atoms with van der Waals surface area (Å²) in [7, 11) is 0. The van der Waals surface area contributed by atoms with Crippen LogP contribution in [0.3, 0.4) is 0 Å². The Morgan fingerprint density at radius 3 is 2.23 bits per heavy atom. The van der Waals surface area contributed by atoms with E-state index in [9.17, 15) is 9.59 Å². The summed E-state index contributed by atoms with van der Waals surface area (Å²) in [6.07, 6.45) is 4.74. The molecule has 3 atom stereocenters. The van der Waals surface area contributed by atoms with Gasteiger partial charge in [-0.05, 0) is 64.2 Å². The molecule has 26 heavy (non-hydrogen) atoms. The number of carbonyl (C=O) groups is 2. The lowest BCUT2D eigenvalue weighted by atomic mass is 9.74. The number of nitrogens with zero attached hydrogens (tertiary/aromatic N) is 1. The fraction of sp³-hybridized carbons (Fsp3) is 0.905. The van der Waals surface area contributed by atoms with Gasteiger partial charge in [-0.3, -0.25) is 4.79 Å². The van der Waals surface area contributed by atoms with Crippen molar-refractivity contribution in [1.82, 2.24) is 10.2 Å². The van der Waals surface area contributed by atoms with Crippen molar-refractivity contribution in [2.24, 2.45) is 23.7 Å². The van der Waals surface area contributed by atoms with Gasteiger partial charge in [-0.25, -0.2) is 4.79 Å². The number of likely N-dealkylation sites (tertiary alicyclic amines) is 1. The standard InChI is InChI=1S/C21H38N2O3/c1-14(2)17-8-7-15(3)13-18(17)22-19(24)16-9-11-23(12-10-16)20(25)26-21(4,5)6/h14-18H,7-13H2,1-6H3,(H,22,24). The molecule has 2 rings (SSSR count). The minimum absolute atomic E-state index is 0.0127. The number of ether oxygens (including phenoxy) is 1. The number of nitrogens with one attached hydrogen (secondary N) is 1. The third-order valence-electron chi connectivity index (χ3n) is 5.87. The lowest BCUT2D eigenvalue weighted by molar-refractivity contribution is -0.128. The highest BCUT2D eigenvalue weighted by Gasteiger charge is 2.35. The van der Waals surface area contributed by atoms with Gasteiger partial charge in [-0.1, -0.05) is 27.2 Å². The molecular formula is C21H38N2O3. The first-order chi connectivity index (χ1) is 12.1. The molecule has 0 bridgehead atoms. The van der Waals surface area contributed by atoms with Crippen molar-refractivity contribution < 1.29 is 14.3 Å². The van der Waals surface area contributed by atoms with Crippen LogP contribution in [0.15, 0.2) is 0 Å². The van der Waals surface area contributed by atoms with Crippen molar-refractivity contribution in [1.29, 1.82) is 0 Å². The monoisotopic (exact) mass is 366 g/mol. The second-order valence-electron chi connectivity index (χ2n) is 9.68. The number of hydrogen-bond donors (Lipinski definition) is 1. The molecule has 2 amide bonds. The molecule has 1 saturated heterocycles. The van der Waals surface area contributed by atoms with E-state index in [0.717, 1.165) is 19.3 Å². The van der Waals surface area contributed by atoms with Gasteiger partial charge in [0, 0.05) is 25.0 Å². The average molecular weight is 367 g/mol. The van der Waals surface area contributed by atoms with Crippen LogP contribution in [0.1, 0.15) is 73.6 Å². The Bertz CT molecular complexity index is 490. The SMILES string of the molecule is CC1CCC(C(C)C)C(NC(=O)C2CCN(C(=O)OC(C)(C)C)CC2)C1. The number of hydrogen-bond acceptors (Lipinski definition) is 3. The number of piperidine rings is 1. The summed E-state index contributed by atoms with van der Waals surface area (Å²) >= 11 is 0. The van der Waals surface area contributed by atoms with Crippen molar-refractivity contribution in [2.75, 3.05) is 13.1 Å². The second kappa shape index (κ2) is 8.62. The lowest BCUT2D eigenvalue weighted by Gasteiger charge is -2.39. The predicted molar refractivity (Wildman–Crippen MR) is 104 cm³/mol. The van der Waals surface area contributed by atoms with Gasteiger partial charge < -0.3 is 15.0 Å². The highest BCUT2D eigenvalue weighted by molar-refractivity contribution is 5.79. The van der Waals surface area contributed by atoms with Gasteiger partial charge in [0.1, 0.15) is 5.60 Å². The molecule has 2 fully saturated rings. The fourth-order valence-electron chi connectivity index (χ4n) is 4.32. The van der Waals surface area contributed by atoms with Crippen LogP contribution >= 0.6 is 0 Å². The molecule has 0 aromatic heterocycles.